The van der Waals surface area contributed by atoms with Crippen LogP contribution in [0.15, 0.2) is 12.1 Å². The van der Waals surface area contributed by atoms with Crippen LogP contribution in [0.3, 0.4) is 0 Å². The van der Waals surface area contributed by atoms with Crippen molar-refractivity contribution in [3.63, 3.8) is 0 Å². The molecule has 0 unspecified atom stereocenters. The Hall–Kier alpha value is -1.62. The molecular weight excluding hydrogens is 240 g/mol. The van der Waals surface area contributed by atoms with Gasteiger partial charge in [0, 0.05) is 25.7 Å². The fraction of sp³-hybridized carbons (Fsp3) is 0.333. The van der Waals surface area contributed by atoms with Gasteiger partial charge in [0.25, 0.3) is 0 Å². The molecule has 0 saturated carbocycles. The van der Waals surface area contributed by atoms with Crippen LogP contribution in [0.2, 0.25) is 0 Å². The zero-order chi connectivity index (χ0) is 12.7. The summed E-state index contributed by atoms with van der Waals surface area (Å²) in [6.45, 7) is 0. The summed E-state index contributed by atoms with van der Waals surface area (Å²) >= 11 is 1.12. The topological polar surface area (TPSA) is 68.3 Å². The van der Waals surface area contributed by atoms with Gasteiger partial charge in [-0.3, -0.25) is 9.59 Å². The van der Waals surface area contributed by atoms with Gasteiger partial charge in [0.05, 0.1) is 9.75 Å². The molecule has 17 heavy (non-hydrogen) atoms. The Kier molecular flexibility index (Phi) is 5.42. The van der Waals surface area contributed by atoms with Crippen molar-refractivity contribution in [2.45, 2.75) is 25.7 Å². The van der Waals surface area contributed by atoms with Crippen LogP contribution in [0.5, 0.6) is 0 Å². The molecule has 0 aliphatic heterocycles. The molecule has 0 amide bonds. The number of carbonyl (C=O) groups is 4. The largest absolute Gasteiger partial charge is 0.303 e. The first-order valence-corrected chi connectivity index (χ1v) is 6.04. The van der Waals surface area contributed by atoms with Crippen molar-refractivity contribution in [2.24, 2.45) is 0 Å². The smallest absolute Gasteiger partial charge is 0.173 e. The normalized spacial score (nSPS) is 9.88. The number of ketones is 2. The van der Waals surface area contributed by atoms with E-state index in [4.69, 9.17) is 0 Å². The number of Topliss-reactive ketones (excluding diaryl/α,β-unsaturated/α-hetero) is 2. The highest BCUT2D eigenvalue weighted by molar-refractivity contribution is 7.16. The Morgan fingerprint density at radius 3 is 1.71 bits per heavy atom. The molecule has 1 heterocycles. The van der Waals surface area contributed by atoms with Crippen LogP contribution < -0.4 is 0 Å². The summed E-state index contributed by atoms with van der Waals surface area (Å²) < 4.78 is 0. The van der Waals surface area contributed by atoms with Gasteiger partial charge in [0.2, 0.25) is 0 Å². The Labute approximate surface area is 103 Å². The third kappa shape index (κ3) is 4.03. The second kappa shape index (κ2) is 6.85. The van der Waals surface area contributed by atoms with Crippen LogP contribution in [0.4, 0.5) is 0 Å². The minimum atomic E-state index is -0.128. The summed E-state index contributed by atoms with van der Waals surface area (Å²) in [4.78, 5) is 44.3. The lowest BCUT2D eigenvalue weighted by Gasteiger charge is -1.93. The molecule has 1 aromatic heterocycles. The van der Waals surface area contributed by atoms with Gasteiger partial charge in [-0.05, 0) is 12.1 Å². The third-order valence-electron chi connectivity index (χ3n) is 2.13. The third-order valence-corrected chi connectivity index (χ3v) is 3.30. The highest BCUT2D eigenvalue weighted by atomic mass is 32.1. The molecule has 0 radical (unpaired) electrons. The van der Waals surface area contributed by atoms with E-state index in [9.17, 15) is 19.2 Å². The van der Waals surface area contributed by atoms with Crippen LogP contribution in [0.25, 0.3) is 0 Å². The molecule has 0 aliphatic carbocycles. The minimum absolute atomic E-state index is 0.128. The molecule has 0 atom stereocenters. The Morgan fingerprint density at radius 1 is 0.941 bits per heavy atom. The molecule has 0 bridgehead atoms. The van der Waals surface area contributed by atoms with E-state index in [0.29, 0.717) is 22.3 Å². The summed E-state index contributed by atoms with van der Waals surface area (Å²) in [6, 6.07) is 3.18. The van der Waals surface area contributed by atoms with Crippen LogP contribution in [0.1, 0.15) is 45.0 Å². The first-order chi connectivity index (χ1) is 8.19. The summed E-state index contributed by atoms with van der Waals surface area (Å²) in [5, 5.41) is 0. The predicted octanol–water partition coefficient (Wildman–Crippen LogP) is 2.07. The molecule has 0 saturated heterocycles. The molecule has 4 nitrogen and oxygen atoms in total. The quantitative estimate of drug-likeness (QED) is 0.524. The highest BCUT2D eigenvalue weighted by Gasteiger charge is 2.13. The standard InChI is InChI=1S/C12H12O4S/c13-7-1-3-9(15)11-5-6-12(17-11)10(16)4-2-8-14/h5-8H,1-4H2. The van der Waals surface area contributed by atoms with Crippen molar-refractivity contribution in [3.8, 4) is 0 Å². The van der Waals surface area contributed by atoms with Crippen LogP contribution >= 0.6 is 11.3 Å². The van der Waals surface area contributed by atoms with Gasteiger partial charge in [-0.25, -0.2) is 0 Å². The minimum Gasteiger partial charge on any atom is -0.303 e. The highest BCUT2D eigenvalue weighted by Crippen LogP contribution is 2.20. The van der Waals surface area contributed by atoms with Gasteiger partial charge in [-0.1, -0.05) is 0 Å². The van der Waals surface area contributed by atoms with Crippen molar-refractivity contribution in [3.05, 3.63) is 21.9 Å². The number of hydrogen-bond donors (Lipinski definition) is 0. The zero-order valence-corrected chi connectivity index (χ0v) is 10.00. The van der Waals surface area contributed by atoms with Gasteiger partial charge >= 0.3 is 0 Å². The molecule has 0 N–H and O–H groups in total. The van der Waals surface area contributed by atoms with Crippen molar-refractivity contribution >= 4 is 35.5 Å². The number of rotatable bonds is 8. The number of hydrogen-bond acceptors (Lipinski definition) is 5. The van der Waals surface area contributed by atoms with E-state index in [1.807, 2.05) is 0 Å². The molecule has 5 heteroatoms. The molecule has 0 fully saturated rings. The van der Waals surface area contributed by atoms with Crippen LogP contribution in [-0.4, -0.2) is 24.1 Å². The summed E-state index contributed by atoms with van der Waals surface area (Å²) in [5.41, 5.74) is 0. The number of thiophene rings is 1. The molecule has 0 spiro atoms. The number of aldehydes is 2. The molecule has 0 aromatic carbocycles. The monoisotopic (exact) mass is 252 g/mol. The molecule has 90 valence electrons. The van der Waals surface area contributed by atoms with E-state index in [1.165, 1.54) is 0 Å². The van der Waals surface area contributed by atoms with E-state index in [-0.39, 0.29) is 37.2 Å². The summed E-state index contributed by atoms with van der Waals surface area (Å²) in [5.74, 6) is -0.256. The van der Waals surface area contributed by atoms with Crippen molar-refractivity contribution < 1.29 is 19.2 Å². The van der Waals surface area contributed by atoms with E-state index in [2.05, 4.69) is 0 Å². The zero-order valence-electron chi connectivity index (χ0n) is 9.18. The Morgan fingerprint density at radius 2 is 1.35 bits per heavy atom. The van der Waals surface area contributed by atoms with Gasteiger partial charge in [-0.15, -0.1) is 11.3 Å². The molecule has 1 rings (SSSR count). The fourth-order valence-corrected chi connectivity index (χ4v) is 2.20. The van der Waals surface area contributed by atoms with Crippen LogP contribution in [0, 0.1) is 0 Å². The second-order valence-corrected chi connectivity index (χ2v) is 4.50. The Balaban J connectivity index is 2.63. The van der Waals surface area contributed by atoms with E-state index >= 15 is 0 Å². The lowest BCUT2D eigenvalue weighted by Crippen LogP contribution is -1.97. The van der Waals surface area contributed by atoms with E-state index < -0.39 is 0 Å². The maximum Gasteiger partial charge on any atom is 0.173 e. The predicted molar refractivity (Wildman–Crippen MR) is 63.6 cm³/mol. The molecule has 1 aromatic rings. The summed E-state index contributed by atoms with van der Waals surface area (Å²) in [6.07, 6.45) is 2.14. The van der Waals surface area contributed by atoms with Gasteiger partial charge < -0.3 is 9.59 Å². The van der Waals surface area contributed by atoms with Crippen LogP contribution in [-0.2, 0) is 9.59 Å². The van der Waals surface area contributed by atoms with Gasteiger partial charge in [0.15, 0.2) is 11.6 Å². The maximum absolute atomic E-state index is 11.5. The van der Waals surface area contributed by atoms with E-state index in [1.54, 1.807) is 12.1 Å². The first kappa shape index (κ1) is 13.4. The average Bonchev–Trinajstić information content (AvgIpc) is 2.82. The van der Waals surface area contributed by atoms with Crippen molar-refractivity contribution in [1.82, 2.24) is 0 Å². The molecular formula is C12H12O4S. The molecule has 0 aliphatic rings. The fourth-order valence-electron chi connectivity index (χ4n) is 1.26. The average molecular weight is 252 g/mol. The lowest BCUT2D eigenvalue weighted by atomic mass is 10.2. The lowest BCUT2D eigenvalue weighted by molar-refractivity contribution is -0.108. The van der Waals surface area contributed by atoms with Gasteiger partial charge in [0.1, 0.15) is 12.6 Å². The second-order valence-electron chi connectivity index (χ2n) is 3.42. The van der Waals surface area contributed by atoms with Gasteiger partial charge in [-0.2, -0.15) is 0 Å². The van der Waals surface area contributed by atoms with E-state index in [0.717, 1.165) is 11.3 Å². The maximum atomic E-state index is 11.5. The van der Waals surface area contributed by atoms with Crippen molar-refractivity contribution in [2.75, 3.05) is 0 Å². The summed E-state index contributed by atoms with van der Waals surface area (Å²) in [7, 11) is 0. The first-order valence-electron chi connectivity index (χ1n) is 5.22. The Bertz CT molecular complexity index is 395. The number of carbonyl (C=O) groups excluding carboxylic acids is 4. The SMILES string of the molecule is O=CCCC(=O)c1ccc(C(=O)CCC=O)s1. The van der Waals surface area contributed by atoms with Crippen molar-refractivity contribution in [1.29, 1.82) is 0 Å².